The third-order valence-electron chi connectivity index (χ3n) is 4.30. The van der Waals surface area contributed by atoms with E-state index in [0.717, 1.165) is 0 Å². The highest BCUT2D eigenvalue weighted by Crippen LogP contribution is 2.12. The van der Waals surface area contributed by atoms with Gasteiger partial charge in [0.05, 0.1) is 0 Å². The van der Waals surface area contributed by atoms with Gasteiger partial charge in [-0.15, -0.1) is 11.8 Å². The maximum Gasteiger partial charge on any atom is -0.0288 e. The number of allylic oxidation sites excluding steroid dienone is 2. The van der Waals surface area contributed by atoms with Crippen molar-refractivity contribution in [2.75, 3.05) is 0 Å². The Labute approximate surface area is 151 Å². The Kier molecular flexibility index (Phi) is 21.7. The largest absolute Gasteiger partial charge is 0.107 e. The minimum Gasteiger partial charge on any atom is -0.107 e. The Morgan fingerprint density at radius 2 is 0.826 bits per heavy atom. The summed E-state index contributed by atoms with van der Waals surface area (Å²) in [7, 11) is 0. The Balaban J connectivity index is 3.14. The fourth-order valence-corrected chi connectivity index (χ4v) is 3.32. The lowest BCUT2D eigenvalue weighted by Crippen LogP contribution is -1.78. The standard InChI is InChI=1S/C22H42S/c1-3-5-7-9-11-13-15-17-19-21-23-22-20-18-16-14-12-10-8-6-4-2/h19-22H,3-18H2,1-2H3/b21-19+,22-20+. The van der Waals surface area contributed by atoms with E-state index in [2.05, 4.69) is 36.8 Å². The minimum absolute atomic E-state index is 1.26. The van der Waals surface area contributed by atoms with E-state index in [9.17, 15) is 0 Å². The average molecular weight is 339 g/mol. The molecule has 0 bridgehead atoms. The summed E-state index contributed by atoms with van der Waals surface area (Å²) in [6.07, 6.45) is 26.9. The lowest BCUT2D eigenvalue weighted by atomic mass is 10.1. The number of hydrogen-bond acceptors (Lipinski definition) is 1. The van der Waals surface area contributed by atoms with Gasteiger partial charge < -0.3 is 0 Å². The molecule has 0 saturated heterocycles. The zero-order valence-electron chi connectivity index (χ0n) is 16.0. The van der Waals surface area contributed by atoms with Gasteiger partial charge >= 0.3 is 0 Å². The second-order valence-corrected chi connectivity index (χ2v) is 7.52. The Morgan fingerprint density at radius 3 is 1.22 bits per heavy atom. The SMILES string of the molecule is CCCCCCCCC/C=C/S/C=C/CCCCCCCCC. The van der Waals surface area contributed by atoms with Gasteiger partial charge in [0.1, 0.15) is 0 Å². The summed E-state index contributed by atoms with van der Waals surface area (Å²) in [6.45, 7) is 4.57. The van der Waals surface area contributed by atoms with Crippen LogP contribution >= 0.6 is 11.8 Å². The molecule has 0 aliphatic carbocycles. The van der Waals surface area contributed by atoms with Crippen LogP contribution in [0.25, 0.3) is 0 Å². The molecule has 0 aromatic heterocycles. The molecule has 1 heteroatoms. The molecular formula is C22H42S. The van der Waals surface area contributed by atoms with E-state index in [1.54, 1.807) is 0 Å². The first kappa shape index (κ1) is 22.8. The summed E-state index contributed by atoms with van der Waals surface area (Å²) in [5.41, 5.74) is 0. The molecule has 0 heterocycles. The van der Waals surface area contributed by atoms with Crippen molar-refractivity contribution in [1.82, 2.24) is 0 Å². The molecule has 0 atom stereocenters. The monoisotopic (exact) mass is 338 g/mol. The van der Waals surface area contributed by atoms with Crippen LogP contribution in [0.1, 0.15) is 117 Å². The predicted octanol–water partition coefficient (Wildman–Crippen LogP) is 9.03. The fraction of sp³-hybridized carbons (Fsp3) is 0.818. The molecule has 0 N–H and O–H groups in total. The first-order valence-electron chi connectivity index (χ1n) is 10.4. The van der Waals surface area contributed by atoms with Crippen molar-refractivity contribution in [2.45, 2.75) is 117 Å². The predicted molar refractivity (Wildman–Crippen MR) is 111 cm³/mol. The summed E-state index contributed by atoms with van der Waals surface area (Å²) in [4.78, 5) is 0. The van der Waals surface area contributed by atoms with Crippen LogP contribution < -0.4 is 0 Å². The lowest BCUT2D eigenvalue weighted by molar-refractivity contribution is 0.592. The molecule has 0 saturated carbocycles. The quantitative estimate of drug-likeness (QED) is 0.225. The highest BCUT2D eigenvalue weighted by atomic mass is 32.2. The van der Waals surface area contributed by atoms with E-state index in [-0.39, 0.29) is 0 Å². The molecular weight excluding hydrogens is 296 g/mol. The smallest absolute Gasteiger partial charge is 0.0288 e. The molecule has 0 unspecified atom stereocenters. The van der Waals surface area contributed by atoms with Crippen molar-refractivity contribution in [1.29, 1.82) is 0 Å². The summed E-state index contributed by atoms with van der Waals surface area (Å²) in [6, 6.07) is 0. The van der Waals surface area contributed by atoms with Crippen LogP contribution in [0.3, 0.4) is 0 Å². The first-order chi connectivity index (χ1) is 11.4. The fourth-order valence-electron chi connectivity index (χ4n) is 2.73. The van der Waals surface area contributed by atoms with Crippen LogP contribution in [0.15, 0.2) is 23.0 Å². The van der Waals surface area contributed by atoms with E-state index in [4.69, 9.17) is 0 Å². The number of hydrogen-bond donors (Lipinski definition) is 0. The van der Waals surface area contributed by atoms with Crippen molar-refractivity contribution >= 4 is 11.8 Å². The van der Waals surface area contributed by atoms with Gasteiger partial charge in [0.25, 0.3) is 0 Å². The number of unbranched alkanes of at least 4 members (excludes halogenated alkanes) is 14. The first-order valence-corrected chi connectivity index (χ1v) is 11.3. The second kappa shape index (κ2) is 21.8. The van der Waals surface area contributed by atoms with Gasteiger partial charge in [0.15, 0.2) is 0 Å². The minimum atomic E-state index is 1.26. The number of thioether (sulfide) groups is 1. The third-order valence-corrected chi connectivity index (χ3v) is 5.00. The van der Waals surface area contributed by atoms with Gasteiger partial charge in [-0.25, -0.2) is 0 Å². The molecule has 0 aliphatic rings. The summed E-state index contributed by atoms with van der Waals surface area (Å²) < 4.78 is 0. The summed E-state index contributed by atoms with van der Waals surface area (Å²) >= 11 is 1.84. The van der Waals surface area contributed by atoms with Gasteiger partial charge in [0, 0.05) is 0 Å². The van der Waals surface area contributed by atoms with Gasteiger partial charge in [0.2, 0.25) is 0 Å². The van der Waals surface area contributed by atoms with Crippen LogP contribution in [0.5, 0.6) is 0 Å². The van der Waals surface area contributed by atoms with Crippen molar-refractivity contribution in [2.24, 2.45) is 0 Å². The van der Waals surface area contributed by atoms with E-state index >= 15 is 0 Å². The Morgan fingerprint density at radius 1 is 0.478 bits per heavy atom. The maximum atomic E-state index is 2.34. The average Bonchev–Trinajstić information content (AvgIpc) is 2.57. The van der Waals surface area contributed by atoms with Crippen LogP contribution in [-0.2, 0) is 0 Å². The van der Waals surface area contributed by atoms with E-state index < -0.39 is 0 Å². The van der Waals surface area contributed by atoms with Crippen LogP contribution in [0.4, 0.5) is 0 Å². The van der Waals surface area contributed by atoms with E-state index in [0.29, 0.717) is 0 Å². The zero-order chi connectivity index (χ0) is 16.8. The highest BCUT2D eigenvalue weighted by Gasteiger charge is 1.90. The van der Waals surface area contributed by atoms with Crippen LogP contribution in [-0.4, -0.2) is 0 Å². The Hall–Kier alpha value is -0.170. The highest BCUT2D eigenvalue weighted by molar-refractivity contribution is 8.04. The van der Waals surface area contributed by atoms with Crippen LogP contribution in [0, 0.1) is 0 Å². The van der Waals surface area contributed by atoms with Gasteiger partial charge in [-0.05, 0) is 36.5 Å². The molecule has 23 heavy (non-hydrogen) atoms. The molecule has 0 rings (SSSR count). The second-order valence-electron chi connectivity index (χ2n) is 6.70. The lowest BCUT2D eigenvalue weighted by Gasteiger charge is -1.99. The molecule has 0 nitrogen and oxygen atoms in total. The van der Waals surface area contributed by atoms with Gasteiger partial charge in [-0.2, -0.15) is 0 Å². The summed E-state index contributed by atoms with van der Waals surface area (Å²) in [5, 5.41) is 4.52. The van der Waals surface area contributed by atoms with E-state index in [1.807, 2.05) is 11.8 Å². The zero-order valence-corrected chi connectivity index (χ0v) is 16.8. The molecule has 0 aromatic rings. The maximum absolute atomic E-state index is 2.34. The molecule has 0 fully saturated rings. The van der Waals surface area contributed by atoms with Crippen LogP contribution in [0.2, 0.25) is 0 Å². The molecule has 0 amide bonds. The van der Waals surface area contributed by atoms with Gasteiger partial charge in [-0.3, -0.25) is 0 Å². The van der Waals surface area contributed by atoms with E-state index in [1.165, 1.54) is 103 Å². The normalized spacial score (nSPS) is 11.9. The van der Waals surface area contributed by atoms with Crippen molar-refractivity contribution in [3.05, 3.63) is 23.0 Å². The third kappa shape index (κ3) is 21.8. The van der Waals surface area contributed by atoms with Crippen molar-refractivity contribution in [3.8, 4) is 0 Å². The molecule has 0 spiro atoms. The van der Waals surface area contributed by atoms with Crippen molar-refractivity contribution in [3.63, 3.8) is 0 Å². The molecule has 0 aromatic carbocycles. The Bertz CT molecular complexity index is 229. The van der Waals surface area contributed by atoms with Gasteiger partial charge in [-0.1, -0.05) is 103 Å². The molecule has 0 aliphatic heterocycles. The topological polar surface area (TPSA) is 0 Å². The number of rotatable bonds is 18. The summed E-state index contributed by atoms with van der Waals surface area (Å²) in [5.74, 6) is 0. The molecule has 136 valence electrons. The van der Waals surface area contributed by atoms with Crippen molar-refractivity contribution < 1.29 is 0 Å². The molecule has 0 radical (unpaired) electrons.